The Labute approximate surface area is 99.0 Å². The molecule has 0 heterocycles. The molecule has 0 aliphatic carbocycles. The molecule has 0 aliphatic heterocycles. The van der Waals surface area contributed by atoms with Gasteiger partial charge in [-0.25, -0.2) is 0 Å². The summed E-state index contributed by atoms with van der Waals surface area (Å²) in [5, 5.41) is 8.73. The van der Waals surface area contributed by atoms with E-state index in [-0.39, 0.29) is 12.6 Å². The van der Waals surface area contributed by atoms with Gasteiger partial charge in [0, 0.05) is 25.7 Å². The van der Waals surface area contributed by atoms with Crippen LogP contribution in [0.4, 0.5) is 0 Å². The molecule has 0 spiro atoms. The highest BCUT2D eigenvalue weighted by Gasteiger charge is 2.21. The Morgan fingerprint density at radius 2 is 1.75 bits per heavy atom. The lowest BCUT2D eigenvalue weighted by Crippen LogP contribution is -2.45. The van der Waals surface area contributed by atoms with E-state index in [0.29, 0.717) is 19.5 Å². The third kappa shape index (κ3) is 5.79. The minimum atomic E-state index is -3.40. The summed E-state index contributed by atoms with van der Waals surface area (Å²) >= 11 is 0. The molecule has 0 saturated heterocycles. The van der Waals surface area contributed by atoms with Crippen molar-refractivity contribution < 1.29 is 13.5 Å². The summed E-state index contributed by atoms with van der Waals surface area (Å²) in [6.45, 7) is 6.73. The SMILES string of the molecule is CCCN(CCC)S(=O)(=O)NC(C)CCO. The van der Waals surface area contributed by atoms with Gasteiger partial charge in [-0.2, -0.15) is 17.4 Å². The lowest BCUT2D eigenvalue weighted by molar-refractivity contribution is 0.274. The third-order valence-corrected chi connectivity index (χ3v) is 3.94. The lowest BCUT2D eigenvalue weighted by Gasteiger charge is -2.23. The van der Waals surface area contributed by atoms with Crippen molar-refractivity contribution in [2.24, 2.45) is 0 Å². The van der Waals surface area contributed by atoms with Crippen molar-refractivity contribution >= 4 is 10.2 Å². The van der Waals surface area contributed by atoms with Crippen LogP contribution in [0, 0.1) is 0 Å². The van der Waals surface area contributed by atoms with Crippen molar-refractivity contribution in [3.63, 3.8) is 0 Å². The number of hydrogen-bond acceptors (Lipinski definition) is 3. The van der Waals surface area contributed by atoms with Gasteiger partial charge in [-0.15, -0.1) is 0 Å². The summed E-state index contributed by atoms with van der Waals surface area (Å²) < 4.78 is 27.9. The molecule has 1 atom stereocenters. The first-order chi connectivity index (χ1) is 7.47. The van der Waals surface area contributed by atoms with E-state index < -0.39 is 10.2 Å². The predicted molar refractivity (Wildman–Crippen MR) is 65.4 cm³/mol. The van der Waals surface area contributed by atoms with Crippen molar-refractivity contribution in [1.82, 2.24) is 9.03 Å². The Morgan fingerprint density at radius 3 is 2.12 bits per heavy atom. The van der Waals surface area contributed by atoms with Gasteiger partial charge in [0.25, 0.3) is 10.2 Å². The number of aliphatic hydroxyl groups excluding tert-OH is 1. The molecule has 0 fully saturated rings. The first-order valence-corrected chi connectivity index (χ1v) is 7.30. The molecule has 0 amide bonds. The van der Waals surface area contributed by atoms with E-state index in [9.17, 15) is 8.42 Å². The molecule has 0 radical (unpaired) electrons. The van der Waals surface area contributed by atoms with E-state index in [1.165, 1.54) is 4.31 Å². The van der Waals surface area contributed by atoms with E-state index in [1.807, 2.05) is 13.8 Å². The normalized spacial score (nSPS) is 14.3. The van der Waals surface area contributed by atoms with Gasteiger partial charge in [0.2, 0.25) is 0 Å². The molecule has 98 valence electrons. The summed E-state index contributed by atoms with van der Waals surface area (Å²) in [6.07, 6.45) is 2.04. The first-order valence-electron chi connectivity index (χ1n) is 5.86. The van der Waals surface area contributed by atoms with E-state index in [2.05, 4.69) is 4.72 Å². The quantitative estimate of drug-likeness (QED) is 0.635. The number of nitrogens with one attached hydrogen (secondary N) is 1. The van der Waals surface area contributed by atoms with Crippen LogP contribution in [0.3, 0.4) is 0 Å². The van der Waals surface area contributed by atoms with Gasteiger partial charge in [0.05, 0.1) is 0 Å². The average molecular weight is 252 g/mol. The summed E-state index contributed by atoms with van der Waals surface area (Å²) in [5.41, 5.74) is 0. The Bertz CT molecular complexity index is 261. The van der Waals surface area contributed by atoms with Crippen LogP contribution in [0.25, 0.3) is 0 Å². The highest BCUT2D eigenvalue weighted by atomic mass is 32.2. The number of nitrogens with zero attached hydrogens (tertiary/aromatic N) is 1. The molecule has 6 heteroatoms. The fraction of sp³-hybridized carbons (Fsp3) is 1.00. The van der Waals surface area contributed by atoms with Crippen LogP contribution in [0.1, 0.15) is 40.0 Å². The largest absolute Gasteiger partial charge is 0.396 e. The van der Waals surface area contributed by atoms with Crippen molar-refractivity contribution in [2.45, 2.75) is 46.1 Å². The second kappa shape index (κ2) is 8.00. The van der Waals surface area contributed by atoms with Gasteiger partial charge < -0.3 is 5.11 Å². The molecule has 0 bridgehead atoms. The number of hydrogen-bond donors (Lipinski definition) is 2. The Balaban J connectivity index is 4.46. The summed E-state index contributed by atoms with van der Waals surface area (Å²) in [5.74, 6) is 0. The molecule has 0 saturated carbocycles. The summed E-state index contributed by atoms with van der Waals surface area (Å²) in [6, 6.07) is -0.230. The molecular formula is C10H24N2O3S. The van der Waals surface area contributed by atoms with Crippen LogP contribution in [-0.2, 0) is 10.2 Å². The molecule has 0 aromatic heterocycles. The van der Waals surface area contributed by atoms with Crippen LogP contribution in [-0.4, -0.2) is 43.6 Å². The maximum absolute atomic E-state index is 11.9. The minimum Gasteiger partial charge on any atom is -0.396 e. The molecule has 2 N–H and O–H groups in total. The standard InChI is InChI=1S/C10H24N2O3S/c1-4-7-12(8-5-2)16(14,15)11-10(3)6-9-13/h10-11,13H,4-9H2,1-3H3. The van der Waals surface area contributed by atoms with Crippen LogP contribution in [0.2, 0.25) is 0 Å². The number of aliphatic hydroxyl groups is 1. The van der Waals surface area contributed by atoms with Crippen molar-refractivity contribution in [3.8, 4) is 0 Å². The van der Waals surface area contributed by atoms with Gasteiger partial charge in [0.1, 0.15) is 0 Å². The fourth-order valence-electron chi connectivity index (χ4n) is 1.43. The Kier molecular flexibility index (Phi) is 7.91. The van der Waals surface area contributed by atoms with Crippen LogP contribution >= 0.6 is 0 Å². The van der Waals surface area contributed by atoms with E-state index in [0.717, 1.165) is 12.8 Å². The fourth-order valence-corrected chi connectivity index (χ4v) is 3.05. The second-order valence-electron chi connectivity index (χ2n) is 3.94. The molecule has 0 aromatic rings. The van der Waals surface area contributed by atoms with Crippen molar-refractivity contribution in [1.29, 1.82) is 0 Å². The van der Waals surface area contributed by atoms with E-state index in [4.69, 9.17) is 5.11 Å². The van der Waals surface area contributed by atoms with Crippen molar-refractivity contribution in [2.75, 3.05) is 19.7 Å². The Hall–Kier alpha value is -0.170. The van der Waals surface area contributed by atoms with E-state index >= 15 is 0 Å². The highest BCUT2D eigenvalue weighted by Crippen LogP contribution is 2.03. The summed E-state index contributed by atoms with van der Waals surface area (Å²) in [4.78, 5) is 0. The maximum atomic E-state index is 11.9. The van der Waals surface area contributed by atoms with Crippen LogP contribution < -0.4 is 4.72 Å². The lowest BCUT2D eigenvalue weighted by atomic mass is 10.3. The van der Waals surface area contributed by atoms with E-state index in [1.54, 1.807) is 6.92 Å². The zero-order chi connectivity index (χ0) is 12.6. The monoisotopic (exact) mass is 252 g/mol. The predicted octanol–water partition coefficient (Wildman–Crippen LogP) is 0.714. The average Bonchev–Trinajstić information content (AvgIpc) is 2.17. The summed E-state index contributed by atoms with van der Waals surface area (Å²) in [7, 11) is -3.40. The maximum Gasteiger partial charge on any atom is 0.279 e. The molecule has 16 heavy (non-hydrogen) atoms. The third-order valence-electron chi connectivity index (χ3n) is 2.20. The van der Waals surface area contributed by atoms with Crippen LogP contribution in [0.15, 0.2) is 0 Å². The first kappa shape index (κ1) is 15.8. The molecule has 1 unspecified atom stereocenters. The molecule has 0 aromatic carbocycles. The molecular weight excluding hydrogens is 228 g/mol. The van der Waals surface area contributed by atoms with Gasteiger partial charge in [-0.1, -0.05) is 13.8 Å². The number of rotatable bonds is 9. The van der Waals surface area contributed by atoms with Gasteiger partial charge >= 0.3 is 0 Å². The molecule has 5 nitrogen and oxygen atoms in total. The zero-order valence-electron chi connectivity index (χ0n) is 10.4. The van der Waals surface area contributed by atoms with Gasteiger partial charge in [0.15, 0.2) is 0 Å². The highest BCUT2D eigenvalue weighted by molar-refractivity contribution is 7.87. The molecule has 0 rings (SSSR count). The topological polar surface area (TPSA) is 69.6 Å². The van der Waals surface area contributed by atoms with Gasteiger partial charge in [-0.05, 0) is 26.2 Å². The minimum absolute atomic E-state index is 0.00869. The van der Waals surface area contributed by atoms with Crippen LogP contribution in [0.5, 0.6) is 0 Å². The second-order valence-corrected chi connectivity index (χ2v) is 5.64. The molecule has 0 aliphatic rings. The van der Waals surface area contributed by atoms with Gasteiger partial charge in [-0.3, -0.25) is 0 Å². The Morgan fingerprint density at radius 1 is 1.25 bits per heavy atom. The smallest absolute Gasteiger partial charge is 0.279 e. The zero-order valence-corrected chi connectivity index (χ0v) is 11.3. The van der Waals surface area contributed by atoms with Crippen molar-refractivity contribution in [3.05, 3.63) is 0 Å².